The van der Waals surface area contributed by atoms with Crippen molar-refractivity contribution in [2.45, 2.75) is 77.7 Å². The number of methoxy groups -OCH3 is 1. The van der Waals surface area contributed by atoms with Crippen LogP contribution in [0.1, 0.15) is 81.5 Å². The van der Waals surface area contributed by atoms with Gasteiger partial charge in [-0.3, -0.25) is 0 Å². The van der Waals surface area contributed by atoms with Crippen LogP contribution >= 0.6 is 0 Å². The molecule has 1 spiro atoms. The van der Waals surface area contributed by atoms with Crippen LogP contribution in [0.15, 0.2) is 60.7 Å². The van der Waals surface area contributed by atoms with Crippen molar-refractivity contribution in [3.05, 3.63) is 88.7 Å². The summed E-state index contributed by atoms with van der Waals surface area (Å²) in [6.07, 6.45) is 10.9. The molecule has 3 aliphatic carbocycles. The summed E-state index contributed by atoms with van der Waals surface area (Å²) in [5.74, 6) is 2.13. The molecule has 0 radical (unpaired) electrons. The van der Waals surface area contributed by atoms with Gasteiger partial charge in [0, 0.05) is 5.56 Å². The van der Waals surface area contributed by atoms with Gasteiger partial charge in [-0.25, -0.2) is 4.39 Å². The van der Waals surface area contributed by atoms with Crippen molar-refractivity contribution in [3.63, 3.8) is 0 Å². The van der Waals surface area contributed by atoms with Crippen LogP contribution in [0.5, 0.6) is 11.5 Å². The molecule has 0 heterocycles. The lowest BCUT2D eigenvalue weighted by atomic mass is 9.52. The van der Waals surface area contributed by atoms with Gasteiger partial charge in [-0.15, -0.1) is 0 Å². The van der Waals surface area contributed by atoms with Crippen LogP contribution in [0.3, 0.4) is 0 Å². The zero-order valence-corrected chi connectivity index (χ0v) is 23.2. The van der Waals surface area contributed by atoms with E-state index in [1.54, 1.807) is 19.2 Å². The first kappa shape index (κ1) is 25.2. The summed E-state index contributed by atoms with van der Waals surface area (Å²) in [4.78, 5) is 0. The van der Waals surface area contributed by atoms with Gasteiger partial charge in [0.1, 0.15) is 23.9 Å². The number of fused-ring (bicyclic) bond motifs is 2. The fraction of sp³-hybridized carbons (Fsp3) is 0.429. The van der Waals surface area contributed by atoms with Crippen LogP contribution in [-0.4, -0.2) is 7.11 Å². The van der Waals surface area contributed by atoms with Gasteiger partial charge in [0.2, 0.25) is 0 Å². The minimum atomic E-state index is -0.235. The summed E-state index contributed by atoms with van der Waals surface area (Å²) < 4.78 is 26.9. The molecule has 2 nitrogen and oxygen atoms in total. The zero-order valence-electron chi connectivity index (χ0n) is 23.2. The highest BCUT2D eigenvalue weighted by Gasteiger charge is 2.47. The first-order chi connectivity index (χ1) is 18.3. The molecule has 0 unspecified atom stereocenters. The third-order valence-corrected chi connectivity index (χ3v) is 9.74. The van der Waals surface area contributed by atoms with Crippen molar-refractivity contribution in [3.8, 4) is 22.6 Å². The standard InChI is InChI=1S/C35H39FO2/c1-23-15-18-35(23)17-5-7-25-10-11-27(21-32(25)35)38-22-24-9-13-28(30-20-26(37-4)12-14-33(30)36)29(19-24)31-8-6-16-34(31,2)3/h8-14,19-21,23H,5-7,15-18,22H2,1-4H3/t23-,35+/m1/s1. The molecule has 3 aliphatic rings. The Morgan fingerprint density at radius 2 is 1.74 bits per heavy atom. The molecule has 1 saturated carbocycles. The van der Waals surface area contributed by atoms with Gasteiger partial charge in [-0.05, 0) is 131 Å². The van der Waals surface area contributed by atoms with Crippen molar-refractivity contribution in [1.29, 1.82) is 0 Å². The van der Waals surface area contributed by atoms with E-state index >= 15 is 4.39 Å². The molecule has 0 saturated heterocycles. The second kappa shape index (κ2) is 9.59. The summed E-state index contributed by atoms with van der Waals surface area (Å²) in [7, 11) is 1.62. The predicted octanol–water partition coefficient (Wildman–Crippen LogP) is 9.29. The van der Waals surface area contributed by atoms with E-state index in [0.29, 0.717) is 23.3 Å². The maximum Gasteiger partial charge on any atom is 0.131 e. The van der Waals surface area contributed by atoms with Gasteiger partial charge in [0.05, 0.1) is 7.11 Å². The Morgan fingerprint density at radius 3 is 2.45 bits per heavy atom. The van der Waals surface area contributed by atoms with E-state index in [1.165, 1.54) is 54.9 Å². The molecule has 198 valence electrons. The number of halogens is 1. The minimum Gasteiger partial charge on any atom is -0.497 e. The molecule has 2 atom stereocenters. The maximum absolute atomic E-state index is 15.1. The highest BCUT2D eigenvalue weighted by Crippen LogP contribution is 2.55. The van der Waals surface area contributed by atoms with Gasteiger partial charge in [0.25, 0.3) is 0 Å². The van der Waals surface area contributed by atoms with Gasteiger partial charge in [-0.2, -0.15) is 0 Å². The van der Waals surface area contributed by atoms with E-state index in [0.717, 1.165) is 41.2 Å². The Kier molecular flexibility index (Phi) is 6.37. The van der Waals surface area contributed by atoms with E-state index < -0.39 is 0 Å². The van der Waals surface area contributed by atoms with Crippen LogP contribution in [0.2, 0.25) is 0 Å². The van der Waals surface area contributed by atoms with Crippen LogP contribution in [0.25, 0.3) is 16.7 Å². The van der Waals surface area contributed by atoms with E-state index in [4.69, 9.17) is 9.47 Å². The number of hydrogen-bond donors (Lipinski definition) is 0. The molecule has 0 N–H and O–H groups in total. The molecular formula is C35H39FO2. The highest BCUT2D eigenvalue weighted by atomic mass is 19.1. The third kappa shape index (κ3) is 4.25. The fourth-order valence-corrected chi connectivity index (χ4v) is 7.21. The first-order valence-corrected chi connectivity index (χ1v) is 14.2. The molecule has 1 fully saturated rings. The van der Waals surface area contributed by atoms with E-state index in [9.17, 15) is 0 Å². The van der Waals surface area contributed by atoms with Crippen molar-refractivity contribution in [1.82, 2.24) is 0 Å². The summed E-state index contributed by atoms with van der Waals surface area (Å²) in [5.41, 5.74) is 8.39. The van der Waals surface area contributed by atoms with Crippen LogP contribution in [0, 0.1) is 17.2 Å². The molecule has 38 heavy (non-hydrogen) atoms. The topological polar surface area (TPSA) is 18.5 Å². The Hall–Kier alpha value is -3.07. The van der Waals surface area contributed by atoms with E-state index in [-0.39, 0.29) is 11.2 Å². The maximum atomic E-state index is 15.1. The van der Waals surface area contributed by atoms with Gasteiger partial charge >= 0.3 is 0 Å². The first-order valence-electron chi connectivity index (χ1n) is 14.2. The number of benzene rings is 3. The summed E-state index contributed by atoms with van der Waals surface area (Å²) >= 11 is 0. The molecule has 0 bridgehead atoms. The molecule has 3 aromatic carbocycles. The van der Waals surface area contributed by atoms with Crippen LogP contribution in [-0.2, 0) is 18.4 Å². The molecule has 0 aliphatic heterocycles. The third-order valence-electron chi connectivity index (χ3n) is 9.74. The number of allylic oxidation sites excluding steroid dienone is 2. The Labute approximate surface area is 226 Å². The Balaban J connectivity index is 1.33. The molecular weight excluding hydrogens is 471 g/mol. The van der Waals surface area contributed by atoms with Crippen molar-refractivity contribution in [2.24, 2.45) is 11.3 Å². The normalized spacial score (nSPS) is 23.5. The lowest BCUT2D eigenvalue weighted by Gasteiger charge is -2.52. The highest BCUT2D eigenvalue weighted by molar-refractivity contribution is 5.85. The Morgan fingerprint density at radius 1 is 0.895 bits per heavy atom. The molecule has 3 aromatic rings. The number of rotatable bonds is 6. The quantitative estimate of drug-likeness (QED) is 0.329. The van der Waals surface area contributed by atoms with Crippen molar-refractivity contribution < 1.29 is 13.9 Å². The number of aryl methyl sites for hydroxylation is 1. The predicted molar refractivity (Wildman–Crippen MR) is 153 cm³/mol. The molecule has 6 rings (SSSR count). The fourth-order valence-electron chi connectivity index (χ4n) is 7.21. The molecule has 0 amide bonds. The monoisotopic (exact) mass is 510 g/mol. The molecule has 0 aromatic heterocycles. The summed E-state index contributed by atoms with van der Waals surface area (Å²) in [5, 5.41) is 0. The smallest absolute Gasteiger partial charge is 0.131 e. The van der Waals surface area contributed by atoms with Crippen LogP contribution < -0.4 is 9.47 Å². The van der Waals surface area contributed by atoms with Gasteiger partial charge < -0.3 is 9.47 Å². The summed E-state index contributed by atoms with van der Waals surface area (Å²) in [6, 6.07) is 18.1. The second-order valence-electron chi connectivity index (χ2n) is 12.3. The lowest BCUT2D eigenvalue weighted by Crippen LogP contribution is -2.45. The van der Waals surface area contributed by atoms with Gasteiger partial charge in [-0.1, -0.05) is 45.0 Å². The van der Waals surface area contributed by atoms with E-state index in [1.807, 2.05) is 0 Å². The van der Waals surface area contributed by atoms with Crippen molar-refractivity contribution in [2.75, 3.05) is 7.11 Å². The SMILES string of the molecule is COc1ccc(F)c(-c2ccc(COc3ccc4c(c3)[C@@]3(CCC4)CC[C@H]3C)cc2C2=CCCC2(C)C)c1. The zero-order chi connectivity index (χ0) is 26.5. The van der Waals surface area contributed by atoms with E-state index in [2.05, 4.69) is 63.2 Å². The molecule has 3 heteroatoms. The number of hydrogen-bond acceptors (Lipinski definition) is 2. The lowest BCUT2D eigenvalue weighted by molar-refractivity contribution is 0.114. The number of ether oxygens (including phenoxy) is 2. The Bertz CT molecular complexity index is 1400. The summed E-state index contributed by atoms with van der Waals surface area (Å²) in [6.45, 7) is 7.47. The van der Waals surface area contributed by atoms with Crippen molar-refractivity contribution >= 4 is 5.57 Å². The average molecular weight is 511 g/mol. The second-order valence-corrected chi connectivity index (χ2v) is 12.3. The largest absolute Gasteiger partial charge is 0.497 e. The average Bonchev–Trinajstić information content (AvgIpc) is 3.29. The van der Waals surface area contributed by atoms with Gasteiger partial charge in [0.15, 0.2) is 0 Å². The van der Waals surface area contributed by atoms with Crippen LogP contribution in [0.4, 0.5) is 4.39 Å². The minimum absolute atomic E-state index is 0.0376.